The lowest BCUT2D eigenvalue weighted by Gasteiger charge is -2.13. The van der Waals surface area contributed by atoms with E-state index in [0.29, 0.717) is 11.4 Å². The van der Waals surface area contributed by atoms with Gasteiger partial charge in [-0.15, -0.1) is 0 Å². The largest absolute Gasteiger partial charge is 0.359 e. The number of H-pyrrole nitrogens is 1. The first-order valence-corrected chi connectivity index (χ1v) is 5.45. The topological polar surface area (TPSA) is 29.9 Å². The minimum absolute atomic E-state index is 0.0290. The zero-order chi connectivity index (χ0) is 10.8. The molecule has 0 radical (unpaired) electrons. The molecule has 0 amide bonds. The van der Waals surface area contributed by atoms with Crippen LogP contribution in [0.5, 0.6) is 0 Å². The molecule has 2 rings (SSSR count). The van der Waals surface area contributed by atoms with Crippen LogP contribution >= 0.6 is 12.2 Å². The third kappa shape index (κ3) is 1.82. The molecular formula is C11H14N2OS. The van der Waals surface area contributed by atoms with Crippen LogP contribution in [0.25, 0.3) is 11.0 Å². The number of nitrogens with zero attached hydrogens (tertiary/aromatic N) is 1. The predicted octanol–water partition coefficient (Wildman–Crippen LogP) is 3.25. The summed E-state index contributed by atoms with van der Waals surface area (Å²) in [5.74, 6) is 0. The molecule has 0 fully saturated rings. The third-order valence-electron chi connectivity index (χ3n) is 2.40. The lowest BCUT2D eigenvalue weighted by Crippen LogP contribution is -2.08. The van der Waals surface area contributed by atoms with Crippen molar-refractivity contribution >= 4 is 23.3 Å². The summed E-state index contributed by atoms with van der Waals surface area (Å²) in [7, 11) is 0. The maximum absolute atomic E-state index is 5.55. The Morgan fingerprint density at radius 3 is 2.93 bits per heavy atom. The van der Waals surface area contributed by atoms with Gasteiger partial charge in [0.25, 0.3) is 0 Å². The Labute approximate surface area is 93.7 Å². The first-order chi connectivity index (χ1) is 7.24. The summed E-state index contributed by atoms with van der Waals surface area (Å²) in [6.07, 6.45) is -0.0290. The van der Waals surface area contributed by atoms with Gasteiger partial charge in [0.2, 0.25) is 0 Å². The van der Waals surface area contributed by atoms with Gasteiger partial charge in [0.15, 0.2) is 4.77 Å². The molecule has 3 nitrogen and oxygen atoms in total. The highest BCUT2D eigenvalue weighted by atomic mass is 32.1. The van der Waals surface area contributed by atoms with Crippen LogP contribution in [0.1, 0.15) is 20.1 Å². The number of aromatic amines is 1. The number of nitrogens with one attached hydrogen (secondary N) is 1. The van der Waals surface area contributed by atoms with Crippen LogP contribution in [-0.2, 0) is 4.74 Å². The molecule has 0 spiro atoms. The SMILES string of the molecule is CCOC(C)n1c(=S)[nH]c2ccccc21. The molecule has 4 heteroatoms. The summed E-state index contributed by atoms with van der Waals surface area (Å²) >= 11 is 5.27. The van der Waals surface area contributed by atoms with Crippen molar-refractivity contribution in [1.29, 1.82) is 0 Å². The highest BCUT2D eigenvalue weighted by molar-refractivity contribution is 7.71. The third-order valence-corrected chi connectivity index (χ3v) is 2.69. The highest BCUT2D eigenvalue weighted by Gasteiger charge is 2.09. The molecule has 2 aromatic rings. The van der Waals surface area contributed by atoms with Gasteiger partial charge >= 0.3 is 0 Å². The first-order valence-electron chi connectivity index (χ1n) is 5.05. The fraction of sp³-hybridized carbons (Fsp3) is 0.364. The molecular weight excluding hydrogens is 208 g/mol. The number of para-hydroxylation sites is 2. The van der Waals surface area contributed by atoms with Crippen molar-refractivity contribution in [2.24, 2.45) is 0 Å². The predicted molar refractivity (Wildman–Crippen MR) is 63.5 cm³/mol. The first kappa shape index (κ1) is 10.4. The van der Waals surface area contributed by atoms with Gasteiger partial charge in [-0.05, 0) is 38.2 Å². The molecule has 1 atom stereocenters. The fourth-order valence-electron chi connectivity index (χ4n) is 1.75. The van der Waals surface area contributed by atoms with E-state index in [-0.39, 0.29) is 6.23 Å². The van der Waals surface area contributed by atoms with E-state index in [1.165, 1.54) is 0 Å². The van der Waals surface area contributed by atoms with Crippen molar-refractivity contribution in [2.45, 2.75) is 20.1 Å². The van der Waals surface area contributed by atoms with E-state index < -0.39 is 0 Å². The average Bonchev–Trinajstić information content (AvgIpc) is 2.54. The minimum Gasteiger partial charge on any atom is -0.359 e. The molecule has 0 aliphatic heterocycles. The van der Waals surface area contributed by atoms with Crippen molar-refractivity contribution in [3.8, 4) is 0 Å². The molecule has 0 saturated carbocycles. The molecule has 1 N–H and O–H groups in total. The molecule has 1 heterocycles. The summed E-state index contributed by atoms with van der Waals surface area (Å²) in [6, 6.07) is 8.04. The second-order valence-corrected chi connectivity index (χ2v) is 3.76. The van der Waals surface area contributed by atoms with E-state index in [4.69, 9.17) is 17.0 Å². The van der Waals surface area contributed by atoms with Crippen molar-refractivity contribution in [2.75, 3.05) is 6.61 Å². The van der Waals surface area contributed by atoms with Gasteiger partial charge in [-0.25, -0.2) is 0 Å². The standard InChI is InChI=1S/C11H14N2OS/c1-3-14-8(2)13-10-7-5-4-6-9(10)12-11(13)15/h4-8H,3H2,1-2H3,(H,12,15). The van der Waals surface area contributed by atoms with Gasteiger partial charge in [-0.3, -0.25) is 4.57 Å². The smallest absolute Gasteiger partial charge is 0.180 e. The quantitative estimate of drug-likeness (QED) is 0.808. The number of benzene rings is 1. The van der Waals surface area contributed by atoms with Crippen molar-refractivity contribution in [3.63, 3.8) is 0 Å². The number of ether oxygens (including phenoxy) is 1. The van der Waals surface area contributed by atoms with Crippen LogP contribution in [0, 0.1) is 4.77 Å². The van der Waals surface area contributed by atoms with Crippen LogP contribution in [-0.4, -0.2) is 16.2 Å². The summed E-state index contributed by atoms with van der Waals surface area (Å²) in [4.78, 5) is 3.16. The summed E-state index contributed by atoms with van der Waals surface area (Å²) < 4.78 is 8.25. The molecule has 15 heavy (non-hydrogen) atoms. The van der Waals surface area contributed by atoms with Crippen LogP contribution in [0.15, 0.2) is 24.3 Å². The normalized spacial score (nSPS) is 13.2. The van der Waals surface area contributed by atoms with Crippen molar-refractivity contribution < 1.29 is 4.74 Å². The Balaban J connectivity index is 2.58. The van der Waals surface area contributed by atoms with E-state index in [1.807, 2.05) is 42.7 Å². The van der Waals surface area contributed by atoms with E-state index >= 15 is 0 Å². The number of aromatic nitrogens is 2. The molecule has 1 aromatic carbocycles. The van der Waals surface area contributed by atoms with Gasteiger partial charge in [0.05, 0.1) is 11.0 Å². The maximum atomic E-state index is 5.55. The average molecular weight is 222 g/mol. The second kappa shape index (κ2) is 4.16. The second-order valence-electron chi connectivity index (χ2n) is 3.37. The Hall–Kier alpha value is -1.13. The zero-order valence-electron chi connectivity index (χ0n) is 8.86. The number of imidazole rings is 1. The van der Waals surface area contributed by atoms with Gasteiger partial charge in [0, 0.05) is 6.61 Å². The van der Waals surface area contributed by atoms with E-state index in [9.17, 15) is 0 Å². The summed E-state index contributed by atoms with van der Waals surface area (Å²) in [5.41, 5.74) is 2.14. The van der Waals surface area contributed by atoms with Crippen molar-refractivity contribution in [1.82, 2.24) is 9.55 Å². The Morgan fingerprint density at radius 2 is 2.20 bits per heavy atom. The van der Waals surface area contributed by atoms with Crippen molar-refractivity contribution in [3.05, 3.63) is 29.0 Å². The fourth-order valence-corrected chi connectivity index (χ4v) is 2.11. The van der Waals surface area contributed by atoms with Crippen LogP contribution < -0.4 is 0 Å². The lowest BCUT2D eigenvalue weighted by atomic mass is 10.3. The zero-order valence-corrected chi connectivity index (χ0v) is 9.67. The Kier molecular flexibility index (Phi) is 2.88. The minimum atomic E-state index is -0.0290. The lowest BCUT2D eigenvalue weighted by molar-refractivity contribution is 0.0267. The van der Waals surface area contributed by atoms with Crippen LogP contribution in [0.2, 0.25) is 0 Å². The molecule has 0 bridgehead atoms. The number of hydrogen-bond acceptors (Lipinski definition) is 2. The molecule has 0 saturated heterocycles. The number of fused-ring (bicyclic) bond motifs is 1. The van der Waals surface area contributed by atoms with Gasteiger partial charge in [0.1, 0.15) is 6.23 Å². The van der Waals surface area contributed by atoms with Crippen LogP contribution in [0.3, 0.4) is 0 Å². The Morgan fingerprint density at radius 1 is 1.47 bits per heavy atom. The van der Waals surface area contributed by atoms with Crippen LogP contribution in [0.4, 0.5) is 0 Å². The number of hydrogen-bond donors (Lipinski definition) is 1. The van der Waals surface area contributed by atoms with Gasteiger partial charge in [-0.1, -0.05) is 12.1 Å². The van der Waals surface area contributed by atoms with E-state index in [2.05, 4.69) is 4.98 Å². The molecule has 0 aliphatic carbocycles. The van der Waals surface area contributed by atoms with E-state index in [1.54, 1.807) is 0 Å². The van der Waals surface area contributed by atoms with Gasteiger partial charge in [-0.2, -0.15) is 0 Å². The molecule has 0 aliphatic rings. The monoisotopic (exact) mass is 222 g/mol. The number of rotatable bonds is 3. The summed E-state index contributed by atoms with van der Waals surface area (Å²) in [5, 5.41) is 0. The maximum Gasteiger partial charge on any atom is 0.180 e. The highest BCUT2D eigenvalue weighted by Crippen LogP contribution is 2.19. The Bertz CT molecular complexity index is 515. The molecule has 1 unspecified atom stereocenters. The summed E-state index contributed by atoms with van der Waals surface area (Å²) in [6.45, 7) is 4.66. The molecule has 80 valence electrons. The molecule has 1 aromatic heterocycles. The van der Waals surface area contributed by atoms with Gasteiger partial charge < -0.3 is 9.72 Å². The van der Waals surface area contributed by atoms with E-state index in [0.717, 1.165) is 11.0 Å².